The predicted octanol–water partition coefficient (Wildman–Crippen LogP) is 0.687. The van der Waals surface area contributed by atoms with Crippen molar-refractivity contribution >= 4 is 11.6 Å². The first-order valence-electron chi connectivity index (χ1n) is 6.85. The maximum absolute atomic E-state index is 5.45. The first-order chi connectivity index (χ1) is 9.56. The molecule has 0 saturated carbocycles. The van der Waals surface area contributed by atoms with Gasteiger partial charge < -0.3 is 20.0 Å². The van der Waals surface area contributed by atoms with Gasteiger partial charge in [-0.2, -0.15) is 0 Å². The monoisotopic (exact) mass is 282 g/mol. The molecule has 0 aliphatic heterocycles. The number of anilines is 2. The number of hydrogen-bond donors (Lipinski definition) is 2. The van der Waals surface area contributed by atoms with Crippen LogP contribution in [0.4, 0.5) is 11.6 Å². The van der Waals surface area contributed by atoms with Crippen LogP contribution in [0, 0.1) is 0 Å². The van der Waals surface area contributed by atoms with E-state index in [-0.39, 0.29) is 0 Å². The summed E-state index contributed by atoms with van der Waals surface area (Å²) in [5.74, 6) is 7.54. The van der Waals surface area contributed by atoms with Crippen molar-refractivity contribution in [2.75, 3.05) is 51.2 Å². The third kappa shape index (κ3) is 5.68. The quantitative estimate of drug-likeness (QED) is 0.509. The highest BCUT2D eigenvalue weighted by atomic mass is 16.5. The van der Waals surface area contributed by atoms with Crippen LogP contribution in [-0.4, -0.2) is 55.7 Å². The predicted molar refractivity (Wildman–Crippen MR) is 81.6 cm³/mol. The van der Waals surface area contributed by atoms with Crippen LogP contribution in [0.15, 0.2) is 6.07 Å². The van der Waals surface area contributed by atoms with Crippen LogP contribution in [0.5, 0.6) is 0 Å². The highest BCUT2D eigenvalue weighted by Crippen LogP contribution is 2.15. The largest absolute Gasteiger partial charge is 0.374 e. The zero-order chi connectivity index (χ0) is 15.0. The van der Waals surface area contributed by atoms with E-state index in [2.05, 4.69) is 39.3 Å². The molecule has 0 amide bonds. The van der Waals surface area contributed by atoms with Gasteiger partial charge in [-0.1, -0.05) is 0 Å². The molecule has 0 radical (unpaired) electrons. The van der Waals surface area contributed by atoms with E-state index in [1.807, 2.05) is 20.0 Å². The van der Waals surface area contributed by atoms with Crippen molar-refractivity contribution in [3.63, 3.8) is 0 Å². The lowest BCUT2D eigenvalue weighted by atomic mass is 10.3. The van der Waals surface area contributed by atoms with Crippen molar-refractivity contribution in [1.82, 2.24) is 14.9 Å². The zero-order valence-electron chi connectivity index (χ0n) is 12.9. The van der Waals surface area contributed by atoms with Crippen molar-refractivity contribution in [3.05, 3.63) is 11.9 Å². The molecule has 1 heterocycles. The van der Waals surface area contributed by atoms with Gasteiger partial charge in [-0.05, 0) is 34.0 Å². The first-order valence-corrected chi connectivity index (χ1v) is 6.85. The Morgan fingerprint density at radius 2 is 2.00 bits per heavy atom. The molecular formula is C13H26N6O. The van der Waals surface area contributed by atoms with Gasteiger partial charge in [0.15, 0.2) is 5.82 Å². The molecule has 0 aromatic carbocycles. The molecular weight excluding hydrogens is 256 g/mol. The number of aromatic nitrogens is 2. The summed E-state index contributed by atoms with van der Waals surface area (Å²) in [6, 6.07) is 1.84. The van der Waals surface area contributed by atoms with Crippen LogP contribution in [-0.2, 0) is 11.3 Å². The third-order valence-corrected chi connectivity index (χ3v) is 2.83. The summed E-state index contributed by atoms with van der Waals surface area (Å²) in [6.45, 7) is 4.94. The van der Waals surface area contributed by atoms with Crippen LogP contribution in [0.3, 0.4) is 0 Å². The van der Waals surface area contributed by atoms with Crippen LogP contribution >= 0.6 is 0 Å². The van der Waals surface area contributed by atoms with Gasteiger partial charge >= 0.3 is 0 Å². The molecule has 7 nitrogen and oxygen atoms in total. The molecule has 7 heteroatoms. The van der Waals surface area contributed by atoms with Gasteiger partial charge in [-0.3, -0.25) is 0 Å². The Morgan fingerprint density at radius 3 is 2.60 bits per heavy atom. The summed E-state index contributed by atoms with van der Waals surface area (Å²) in [5.41, 5.74) is 2.57. The lowest BCUT2D eigenvalue weighted by Crippen LogP contribution is -2.25. The molecule has 0 fully saturated rings. The smallest absolute Gasteiger partial charge is 0.158 e. The molecule has 0 saturated heterocycles. The molecule has 1 aromatic rings. The zero-order valence-corrected chi connectivity index (χ0v) is 12.9. The number of hydrogen-bond acceptors (Lipinski definition) is 7. The average Bonchev–Trinajstić information content (AvgIpc) is 2.44. The molecule has 0 atom stereocenters. The van der Waals surface area contributed by atoms with E-state index in [1.165, 1.54) is 0 Å². The molecule has 0 aliphatic carbocycles. The maximum Gasteiger partial charge on any atom is 0.158 e. The van der Waals surface area contributed by atoms with Gasteiger partial charge in [0, 0.05) is 26.3 Å². The summed E-state index contributed by atoms with van der Waals surface area (Å²) in [4.78, 5) is 13.0. The maximum atomic E-state index is 5.45. The molecule has 0 bridgehead atoms. The van der Waals surface area contributed by atoms with Gasteiger partial charge in [0.1, 0.15) is 18.2 Å². The second kappa shape index (κ2) is 8.68. The van der Waals surface area contributed by atoms with Gasteiger partial charge in [-0.25, -0.2) is 15.8 Å². The van der Waals surface area contributed by atoms with E-state index in [0.717, 1.165) is 25.3 Å². The molecule has 20 heavy (non-hydrogen) atoms. The van der Waals surface area contributed by atoms with Crippen molar-refractivity contribution in [1.29, 1.82) is 0 Å². The molecule has 0 aliphatic rings. The number of nitrogens with zero attached hydrogens (tertiary/aromatic N) is 4. The van der Waals surface area contributed by atoms with Gasteiger partial charge in [0.25, 0.3) is 0 Å². The molecule has 1 rings (SSSR count). The minimum absolute atomic E-state index is 0.393. The number of hydrazine groups is 1. The number of nitrogen functional groups attached to an aromatic ring is 1. The third-order valence-electron chi connectivity index (χ3n) is 2.83. The van der Waals surface area contributed by atoms with Crippen molar-refractivity contribution in [3.8, 4) is 0 Å². The van der Waals surface area contributed by atoms with E-state index in [0.29, 0.717) is 24.9 Å². The minimum atomic E-state index is 0.393. The Balaban J connectivity index is 2.70. The molecule has 1 aromatic heterocycles. The van der Waals surface area contributed by atoms with Crippen LogP contribution < -0.4 is 16.2 Å². The van der Waals surface area contributed by atoms with Crippen molar-refractivity contribution in [2.45, 2.75) is 20.0 Å². The molecule has 114 valence electrons. The Morgan fingerprint density at radius 1 is 1.25 bits per heavy atom. The van der Waals surface area contributed by atoms with Crippen molar-refractivity contribution in [2.24, 2.45) is 5.84 Å². The Bertz CT molecular complexity index is 398. The Kier molecular flexibility index (Phi) is 7.21. The normalized spacial score (nSPS) is 10.9. The van der Waals surface area contributed by atoms with E-state index in [9.17, 15) is 0 Å². The fourth-order valence-corrected chi connectivity index (χ4v) is 1.75. The average molecular weight is 282 g/mol. The highest BCUT2D eigenvalue weighted by molar-refractivity contribution is 5.48. The van der Waals surface area contributed by atoms with Crippen molar-refractivity contribution < 1.29 is 4.74 Å². The highest BCUT2D eigenvalue weighted by Gasteiger charge is 2.08. The lowest BCUT2D eigenvalue weighted by molar-refractivity contribution is 0.128. The standard InChI is InChI=1S/C13H26N6O/c1-5-20-10-12-15-11(17-14)9-13(16-12)19(4)8-6-7-18(2)3/h9H,5-8,10,14H2,1-4H3,(H,15,16,17). The summed E-state index contributed by atoms with van der Waals surface area (Å²) in [5, 5.41) is 0. The van der Waals surface area contributed by atoms with E-state index in [4.69, 9.17) is 10.6 Å². The number of nitrogens with one attached hydrogen (secondary N) is 1. The lowest BCUT2D eigenvalue weighted by Gasteiger charge is -2.20. The summed E-state index contributed by atoms with van der Waals surface area (Å²) < 4.78 is 5.35. The first kappa shape index (κ1) is 16.6. The summed E-state index contributed by atoms with van der Waals surface area (Å²) in [7, 11) is 6.16. The Hall–Kier alpha value is -1.44. The SMILES string of the molecule is CCOCc1nc(NN)cc(N(C)CCCN(C)C)n1. The van der Waals surface area contributed by atoms with E-state index < -0.39 is 0 Å². The number of ether oxygens (including phenoxy) is 1. The molecule has 0 spiro atoms. The minimum Gasteiger partial charge on any atom is -0.374 e. The summed E-state index contributed by atoms with van der Waals surface area (Å²) in [6.07, 6.45) is 1.07. The Labute approximate surface area is 121 Å². The second-order valence-electron chi connectivity index (χ2n) is 4.89. The number of nitrogens with two attached hydrogens (primary N) is 1. The summed E-state index contributed by atoms with van der Waals surface area (Å²) >= 11 is 0. The topological polar surface area (TPSA) is 79.5 Å². The molecule has 3 N–H and O–H groups in total. The van der Waals surface area contributed by atoms with Crippen LogP contribution in [0.25, 0.3) is 0 Å². The molecule has 0 unspecified atom stereocenters. The second-order valence-corrected chi connectivity index (χ2v) is 4.89. The van der Waals surface area contributed by atoms with E-state index in [1.54, 1.807) is 0 Å². The van der Waals surface area contributed by atoms with Gasteiger partial charge in [0.2, 0.25) is 0 Å². The van der Waals surface area contributed by atoms with Crippen LogP contribution in [0.1, 0.15) is 19.2 Å². The fraction of sp³-hybridized carbons (Fsp3) is 0.692. The van der Waals surface area contributed by atoms with Gasteiger partial charge in [-0.15, -0.1) is 0 Å². The number of rotatable bonds is 9. The van der Waals surface area contributed by atoms with Gasteiger partial charge in [0.05, 0.1) is 0 Å². The van der Waals surface area contributed by atoms with E-state index >= 15 is 0 Å². The van der Waals surface area contributed by atoms with Crippen LogP contribution in [0.2, 0.25) is 0 Å². The fourth-order valence-electron chi connectivity index (χ4n) is 1.75.